The molecule has 1 N–H and O–H groups in total. The zero-order valence-electron chi connectivity index (χ0n) is 13.7. The van der Waals surface area contributed by atoms with E-state index in [4.69, 9.17) is 4.98 Å². The summed E-state index contributed by atoms with van der Waals surface area (Å²) >= 11 is 0. The molecule has 0 aliphatic rings. The van der Waals surface area contributed by atoms with Crippen molar-refractivity contribution in [2.75, 3.05) is 0 Å². The van der Waals surface area contributed by atoms with Gasteiger partial charge in [-0.2, -0.15) is 0 Å². The number of imidazole rings is 1. The molecule has 0 saturated heterocycles. The molecule has 1 amide bonds. The minimum absolute atomic E-state index is 0.0523. The second-order valence-corrected chi connectivity index (χ2v) is 5.84. The highest BCUT2D eigenvalue weighted by Crippen LogP contribution is 2.28. The lowest BCUT2D eigenvalue weighted by Gasteiger charge is -2.21. The van der Waals surface area contributed by atoms with Crippen molar-refractivity contribution in [3.8, 4) is 0 Å². The van der Waals surface area contributed by atoms with Gasteiger partial charge in [0.25, 0.3) is 0 Å². The molecule has 0 aliphatic carbocycles. The Balaban J connectivity index is 2.14. The van der Waals surface area contributed by atoms with Crippen LogP contribution < -0.4 is 5.32 Å². The fraction of sp³-hybridized carbons (Fsp3) is 0.263. The maximum absolute atomic E-state index is 11.4. The van der Waals surface area contributed by atoms with E-state index in [0.29, 0.717) is 0 Å². The van der Waals surface area contributed by atoms with Crippen LogP contribution in [0.3, 0.4) is 0 Å². The van der Waals surface area contributed by atoms with E-state index in [1.165, 1.54) is 12.5 Å². The summed E-state index contributed by atoms with van der Waals surface area (Å²) in [6.45, 7) is 5.66. The first-order valence-corrected chi connectivity index (χ1v) is 7.87. The molecule has 0 radical (unpaired) electrons. The molecule has 0 spiro atoms. The van der Waals surface area contributed by atoms with Crippen molar-refractivity contribution in [2.24, 2.45) is 0 Å². The largest absolute Gasteiger partial charge is 0.347 e. The number of fused-ring (bicyclic) bond motifs is 1. The van der Waals surface area contributed by atoms with E-state index in [9.17, 15) is 4.79 Å². The zero-order valence-corrected chi connectivity index (χ0v) is 13.7. The van der Waals surface area contributed by atoms with Gasteiger partial charge >= 0.3 is 0 Å². The second-order valence-electron chi connectivity index (χ2n) is 5.84. The van der Waals surface area contributed by atoms with Gasteiger partial charge in [-0.15, -0.1) is 0 Å². The lowest BCUT2D eigenvalue weighted by Crippen LogP contribution is -2.27. The lowest BCUT2D eigenvalue weighted by molar-refractivity contribution is -0.119. The van der Waals surface area contributed by atoms with Crippen LogP contribution in [0.1, 0.15) is 44.2 Å². The van der Waals surface area contributed by atoms with Crippen LogP contribution in [0.15, 0.2) is 54.6 Å². The zero-order chi connectivity index (χ0) is 16.4. The third kappa shape index (κ3) is 2.97. The standard InChI is InChI=1S/C19H21N3O/c1-13(20-15(3)23)19-21-17-11-7-8-12-18(17)22(19)14(2)16-9-5-4-6-10-16/h4-14H,1-3H3,(H,20,23). The molecular formula is C19H21N3O. The minimum atomic E-state index is -0.147. The van der Waals surface area contributed by atoms with E-state index in [1.807, 2.05) is 43.3 Å². The van der Waals surface area contributed by atoms with E-state index in [0.717, 1.165) is 16.9 Å². The first-order chi connectivity index (χ1) is 11.1. The summed E-state index contributed by atoms with van der Waals surface area (Å²) in [5, 5.41) is 2.94. The van der Waals surface area contributed by atoms with Gasteiger partial charge in [-0.1, -0.05) is 42.5 Å². The molecule has 0 aliphatic heterocycles. The van der Waals surface area contributed by atoms with Gasteiger partial charge in [0, 0.05) is 6.92 Å². The fourth-order valence-electron chi connectivity index (χ4n) is 3.03. The molecule has 2 aromatic carbocycles. The number of aromatic nitrogens is 2. The third-order valence-electron chi connectivity index (χ3n) is 4.10. The maximum Gasteiger partial charge on any atom is 0.217 e. The van der Waals surface area contributed by atoms with Crippen molar-refractivity contribution in [1.29, 1.82) is 0 Å². The Labute approximate surface area is 136 Å². The molecule has 1 heterocycles. The van der Waals surface area contributed by atoms with Crippen molar-refractivity contribution in [3.05, 3.63) is 66.0 Å². The molecule has 4 heteroatoms. The number of amides is 1. The number of carbonyl (C=O) groups is 1. The van der Waals surface area contributed by atoms with E-state index in [2.05, 4.69) is 35.0 Å². The highest BCUT2D eigenvalue weighted by Gasteiger charge is 2.21. The van der Waals surface area contributed by atoms with Crippen LogP contribution in [-0.4, -0.2) is 15.5 Å². The SMILES string of the molecule is CC(=O)NC(C)c1nc2ccccc2n1C(C)c1ccccc1. The molecule has 4 nitrogen and oxygen atoms in total. The van der Waals surface area contributed by atoms with Gasteiger partial charge in [0.2, 0.25) is 5.91 Å². The molecule has 0 saturated carbocycles. The molecule has 2 atom stereocenters. The molecule has 1 aromatic heterocycles. The first kappa shape index (κ1) is 15.3. The molecule has 118 valence electrons. The van der Waals surface area contributed by atoms with Crippen LogP contribution in [-0.2, 0) is 4.79 Å². The molecular weight excluding hydrogens is 286 g/mol. The molecule has 0 fully saturated rings. The topological polar surface area (TPSA) is 46.9 Å². The predicted molar refractivity (Wildman–Crippen MR) is 92.2 cm³/mol. The number of nitrogens with one attached hydrogen (secondary N) is 1. The summed E-state index contributed by atoms with van der Waals surface area (Å²) in [4.78, 5) is 16.2. The molecule has 2 unspecified atom stereocenters. The number of benzene rings is 2. The van der Waals surface area contributed by atoms with Crippen molar-refractivity contribution in [2.45, 2.75) is 32.9 Å². The van der Waals surface area contributed by atoms with Gasteiger partial charge in [-0.25, -0.2) is 4.98 Å². The lowest BCUT2D eigenvalue weighted by atomic mass is 10.1. The van der Waals surface area contributed by atoms with E-state index >= 15 is 0 Å². The number of nitrogens with zero attached hydrogens (tertiary/aromatic N) is 2. The van der Waals surface area contributed by atoms with Crippen LogP contribution >= 0.6 is 0 Å². The summed E-state index contributed by atoms with van der Waals surface area (Å²) in [7, 11) is 0. The smallest absolute Gasteiger partial charge is 0.217 e. The van der Waals surface area contributed by atoms with Gasteiger partial charge in [0.05, 0.1) is 23.1 Å². The maximum atomic E-state index is 11.4. The number of rotatable bonds is 4. The first-order valence-electron chi connectivity index (χ1n) is 7.87. The van der Waals surface area contributed by atoms with Crippen LogP contribution in [0.4, 0.5) is 0 Å². The summed E-state index contributed by atoms with van der Waals surface area (Å²) < 4.78 is 2.21. The Hall–Kier alpha value is -2.62. The van der Waals surface area contributed by atoms with Crippen molar-refractivity contribution < 1.29 is 4.79 Å². The third-order valence-corrected chi connectivity index (χ3v) is 4.10. The minimum Gasteiger partial charge on any atom is -0.347 e. The van der Waals surface area contributed by atoms with E-state index in [-0.39, 0.29) is 18.0 Å². The monoisotopic (exact) mass is 307 g/mol. The second kappa shape index (κ2) is 6.24. The summed E-state index contributed by atoms with van der Waals surface area (Å²) in [6, 6.07) is 18.4. The Kier molecular flexibility index (Phi) is 4.15. The number of para-hydroxylation sites is 2. The average Bonchev–Trinajstić information content (AvgIpc) is 2.94. The van der Waals surface area contributed by atoms with Gasteiger partial charge in [0.1, 0.15) is 5.82 Å². The van der Waals surface area contributed by atoms with Gasteiger partial charge in [0.15, 0.2) is 0 Å². The quantitative estimate of drug-likeness (QED) is 0.796. The normalized spacial score (nSPS) is 13.7. The predicted octanol–water partition coefficient (Wildman–Crippen LogP) is 3.84. The summed E-state index contributed by atoms with van der Waals surface area (Å²) in [5.74, 6) is 0.821. The van der Waals surface area contributed by atoms with Crippen molar-refractivity contribution >= 4 is 16.9 Å². The van der Waals surface area contributed by atoms with Crippen molar-refractivity contribution in [1.82, 2.24) is 14.9 Å². The fourth-order valence-corrected chi connectivity index (χ4v) is 3.03. The number of hydrogen-bond donors (Lipinski definition) is 1. The van der Waals surface area contributed by atoms with E-state index < -0.39 is 0 Å². The highest BCUT2D eigenvalue weighted by atomic mass is 16.1. The Morgan fingerprint density at radius 1 is 1.04 bits per heavy atom. The van der Waals surface area contributed by atoms with Gasteiger partial charge in [-0.05, 0) is 31.5 Å². The summed E-state index contributed by atoms with van der Waals surface area (Å²) in [5.41, 5.74) is 3.24. The number of carbonyl (C=O) groups excluding carboxylic acids is 1. The van der Waals surface area contributed by atoms with Crippen molar-refractivity contribution in [3.63, 3.8) is 0 Å². The van der Waals surface area contributed by atoms with Crippen LogP contribution in [0.5, 0.6) is 0 Å². The van der Waals surface area contributed by atoms with Gasteiger partial charge < -0.3 is 9.88 Å². The van der Waals surface area contributed by atoms with Crippen LogP contribution in [0, 0.1) is 0 Å². The Morgan fingerprint density at radius 2 is 1.70 bits per heavy atom. The average molecular weight is 307 g/mol. The Bertz CT molecular complexity index is 823. The molecule has 3 aromatic rings. The highest BCUT2D eigenvalue weighted by molar-refractivity contribution is 5.77. The molecule has 0 bridgehead atoms. The van der Waals surface area contributed by atoms with Gasteiger partial charge in [-0.3, -0.25) is 4.79 Å². The Morgan fingerprint density at radius 3 is 2.39 bits per heavy atom. The number of hydrogen-bond acceptors (Lipinski definition) is 2. The van der Waals surface area contributed by atoms with Crippen LogP contribution in [0.2, 0.25) is 0 Å². The van der Waals surface area contributed by atoms with E-state index in [1.54, 1.807) is 0 Å². The van der Waals surface area contributed by atoms with Crippen LogP contribution in [0.25, 0.3) is 11.0 Å². The summed E-state index contributed by atoms with van der Waals surface area (Å²) in [6.07, 6.45) is 0. The molecule has 23 heavy (non-hydrogen) atoms. The molecule has 3 rings (SSSR count).